The summed E-state index contributed by atoms with van der Waals surface area (Å²) < 4.78 is 63.5. The van der Waals surface area contributed by atoms with E-state index in [-0.39, 0.29) is 11.9 Å². The summed E-state index contributed by atoms with van der Waals surface area (Å²) in [5, 5.41) is 17.5. The number of benzene rings is 1. The number of carbonyl (C=O) groups excluding carboxylic acids is 2. The number of amides is 1. The Morgan fingerprint density at radius 1 is 0.844 bits per heavy atom. The van der Waals surface area contributed by atoms with Crippen LogP contribution in [-0.2, 0) is 19.2 Å². The van der Waals surface area contributed by atoms with Crippen molar-refractivity contribution in [2.75, 3.05) is 14.1 Å². The summed E-state index contributed by atoms with van der Waals surface area (Å²) in [6.45, 7) is 5.75. The lowest BCUT2D eigenvalue weighted by Gasteiger charge is -2.33. The van der Waals surface area contributed by atoms with Crippen LogP contribution in [0.1, 0.15) is 71.0 Å². The molecule has 1 amide bonds. The summed E-state index contributed by atoms with van der Waals surface area (Å²) in [6, 6.07) is 14.1. The summed E-state index contributed by atoms with van der Waals surface area (Å²) in [7, 11) is 3.82. The van der Waals surface area contributed by atoms with Gasteiger partial charge in [0.2, 0.25) is 5.91 Å². The zero-order chi connectivity index (χ0) is 35.0. The zero-order valence-corrected chi connectivity index (χ0v) is 25.6. The van der Waals surface area contributed by atoms with E-state index in [1.807, 2.05) is 70.2 Å². The molecule has 0 radical (unpaired) electrons. The van der Waals surface area contributed by atoms with E-state index in [0.29, 0.717) is 18.6 Å². The number of likely N-dealkylation sites (N-methyl/N-ethyl adjacent to an activating group) is 1. The highest BCUT2D eigenvalue weighted by Crippen LogP contribution is 2.26. The number of aliphatic carboxylic acids is 2. The van der Waals surface area contributed by atoms with Crippen LogP contribution in [0.2, 0.25) is 0 Å². The number of unbranched alkanes of at least 4 members (excludes halogenated alkanes) is 2. The van der Waals surface area contributed by atoms with E-state index in [4.69, 9.17) is 19.8 Å². The first kappa shape index (κ1) is 41.0. The maximum atomic E-state index is 13.0. The Morgan fingerprint density at radius 2 is 1.36 bits per heavy atom. The SMILES string of the molecule is CCC(=O)CCCCC[C@H](NC(=O)C(C)(C)N(C)C)c1cc(-c2ccccc2)ccn1.O=C(O)C(F)(F)F.O=C(O)C(F)(F)F. The van der Waals surface area contributed by atoms with Crippen LogP contribution in [0.5, 0.6) is 0 Å². The molecule has 15 heteroatoms. The van der Waals surface area contributed by atoms with Crippen molar-refractivity contribution in [3.63, 3.8) is 0 Å². The molecule has 0 fully saturated rings. The average molecular weight is 652 g/mol. The zero-order valence-electron chi connectivity index (χ0n) is 25.6. The average Bonchev–Trinajstić information content (AvgIpc) is 2.96. The number of alkyl halides is 6. The van der Waals surface area contributed by atoms with Gasteiger partial charge >= 0.3 is 24.3 Å². The molecule has 1 aromatic heterocycles. The van der Waals surface area contributed by atoms with E-state index < -0.39 is 29.8 Å². The van der Waals surface area contributed by atoms with Gasteiger partial charge in [0.1, 0.15) is 5.78 Å². The second kappa shape index (κ2) is 18.7. The molecule has 0 saturated carbocycles. The van der Waals surface area contributed by atoms with E-state index >= 15 is 0 Å². The number of rotatable bonds is 12. The number of carboxylic acid groups (broad SMARTS) is 2. The number of nitrogens with zero attached hydrogens (tertiary/aromatic N) is 2. The van der Waals surface area contributed by atoms with Gasteiger partial charge in [0, 0.05) is 19.0 Å². The molecule has 252 valence electrons. The number of aromatic nitrogens is 1. The quantitative estimate of drug-likeness (QED) is 0.176. The van der Waals surface area contributed by atoms with Crippen molar-refractivity contribution in [2.45, 2.75) is 83.2 Å². The van der Waals surface area contributed by atoms with Gasteiger partial charge in [0.25, 0.3) is 0 Å². The Hall–Kier alpha value is -4.01. The number of carboxylic acids is 2. The van der Waals surface area contributed by atoms with Crippen molar-refractivity contribution >= 4 is 23.6 Å². The first-order valence-corrected chi connectivity index (χ1v) is 13.8. The molecule has 2 aromatic rings. The van der Waals surface area contributed by atoms with E-state index in [9.17, 15) is 35.9 Å². The summed E-state index contributed by atoms with van der Waals surface area (Å²) in [4.78, 5) is 48.9. The van der Waals surface area contributed by atoms with E-state index in [1.54, 1.807) is 0 Å². The number of carbonyl (C=O) groups is 4. The van der Waals surface area contributed by atoms with Gasteiger partial charge in [0.05, 0.1) is 17.3 Å². The van der Waals surface area contributed by atoms with Gasteiger partial charge in [-0.15, -0.1) is 0 Å². The maximum Gasteiger partial charge on any atom is 0.490 e. The number of pyridine rings is 1. The van der Waals surface area contributed by atoms with Crippen molar-refractivity contribution in [3.05, 3.63) is 54.4 Å². The molecule has 0 spiro atoms. The van der Waals surface area contributed by atoms with Gasteiger partial charge in [-0.25, -0.2) is 9.59 Å². The van der Waals surface area contributed by atoms with Gasteiger partial charge in [-0.3, -0.25) is 19.5 Å². The number of halogens is 6. The lowest BCUT2D eigenvalue weighted by Crippen LogP contribution is -2.52. The largest absolute Gasteiger partial charge is 0.490 e. The maximum absolute atomic E-state index is 13.0. The van der Waals surface area contributed by atoms with Crippen LogP contribution in [0.15, 0.2) is 48.7 Å². The van der Waals surface area contributed by atoms with Gasteiger partial charge in [-0.2, -0.15) is 26.3 Å². The molecular weight excluding hydrogens is 612 g/mol. The van der Waals surface area contributed by atoms with Crippen LogP contribution in [-0.4, -0.2) is 75.7 Å². The van der Waals surface area contributed by atoms with Crippen molar-refractivity contribution in [2.24, 2.45) is 0 Å². The summed E-state index contributed by atoms with van der Waals surface area (Å²) in [5.74, 6) is -5.22. The lowest BCUT2D eigenvalue weighted by atomic mass is 9.97. The molecule has 9 nitrogen and oxygen atoms in total. The van der Waals surface area contributed by atoms with Crippen LogP contribution >= 0.6 is 0 Å². The smallest absolute Gasteiger partial charge is 0.475 e. The predicted molar refractivity (Wildman–Crippen MR) is 154 cm³/mol. The van der Waals surface area contributed by atoms with Crippen molar-refractivity contribution in [1.82, 2.24) is 15.2 Å². The van der Waals surface area contributed by atoms with E-state index in [1.165, 1.54) is 0 Å². The van der Waals surface area contributed by atoms with Crippen LogP contribution in [0.25, 0.3) is 11.1 Å². The van der Waals surface area contributed by atoms with Crippen molar-refractivity contribution in [1.29, 1.82) is 0 Å². The molecule has 0 saturated heterocycles. The fraction of sp³-hybridized carbons (Fsp3) is 0.500. The molecule has 0 unspecified atom stereocenters. The predicted octanol–water partition coefficient (Wildman–Crippen LogP) is 6.44. The van der Waals surface area contributed by atoms with Crippen molar-refractivity contribution in [3.8, 4) is 11.1 Å². The van der Waals surface area contributed by atoms with Crippen LogP contribution in [0, 0.1) is 0 Å². The van der Waals surface area contributed by atoms with E-state index in [0.717, 1.165) is 42.5 Å². The highest BCUT2D eigenvalue weighted by Gasteiger charge is 2.39. The molecule has 2 rings (SSSR count). The number of hydrogen-bond acceptors (Lipinski definition) is 6. The molecular formula is C30H39F6N3O6. The Balaban J connectivity index is 0.00000114. The van der Waals surface area contributed by atoms with Crippen LogP contribution in [0.3, 0.4) is 0 Å². The lowest BCUT2D eigenvalue weighted by molar-refractivity contribution is -0.193. The fourth-order valence-electron chi connectivity index (χ4n) is 3.31. The molecule has 3 N–H and O–H groups in total. The van der Waals surface area contributed by atoms with Crippen LogP contribution < -0.4 is 5.32 Å². The van der Waals surface area contributed by atoms with Gasteiger partial charge in [0.15, 0.2) is 0 Å². The molecule has 0 aliphatic carbocycles. The fourth-order valence-corrected chi connectivity index (χ4v) is 3.31. The highest BCUT2D eigenvalue weighted by atomic mass is 19.4. The Morgan fingerprint density at radius 3 is 1.80 bits per heavy atom. The Kier molecular flexibility index (Phi) is 17.1. The molecule has 1 atom stereocenters. The summed E-state index contributed by atoms with van der Waals surface area (Å²) in [6.07, 6.45) is -3.52. The first-order valence-electron chi connectivity index (χ1n) is 13.8. The van der Waals surface area contributed by atoms with Crippen molar-refractivity contribution < 1.29 is 55.7 Å². The van der Waals surface area contributed by atoms with Gasteiger partial charge in [-0.1, -0.05) is 50.1 Å². The monoisotopic (exact) mass is 651 g/mol. The molecule has 45 heavy (non-hydrogen) atoms. The summed E-state index contributed by atoms with van der Waals surface area (Å²) >= 11 is 0. The second-order valence-electron chi connectivity index (χ2n) is 10.4. The topological polar surface area (TPSA) is 137 Å². The third-order valence-electron chi connectivity index (χ3n) is 6.55. The number of Topliss-reactive ketones (excluding diaryl/α,β-unsaturated/α-hetero) is 1. The molecule has 0 aliphatic rings. The Bertz CT molecular complexity index is 1210. The van der Waals surface area contributed by atoms with E-state index in [2.05, 4.69) is 28.5 Å². The highest BCUT2D eigenvalue weighted by molar-refractivity contribution is 5.85. The Labute approximate surface area is 257 Å². The second-order valence-corrected chi connectivity index (χ2v) is 10.4. The van der Waals surface area contributed by atoms with Crippen LogP contribution in [0.4, 0.5) is 26.3 Å². The molecule has 0 aliphatic heterocycles. The molecule has 1 aromatic carbocycles. The third-order valence-corrected chi connectivity index (χ3v) is 6.55. The molecule has 0 bridgehead atoms. The third kappa shape index (κ3) is 16.0. The standard InChI is InChI=1S/C26H37N3O2.2C2HF3O2/c1-6-22(30)15-11-8-12-16-23(28-25(31)26(2,3)29(4)5)24-19-21(17-18-27-24)20-13-9-7-10-14-20;2*3-2(4,5)1(6)7/h7,9-10,13-14,17-19,23H,6,8,11-12,15-16H2,1-5H3,(H,28,31);2*(H,6,7)/t23-;;/m0../s1. The minimum Gasteiger partial charge on any atom is -0.475 e. The van der Waals surface area contributed by atoms with Gasteiger partial charge < -0.3 is 15.5 Å². The van der Waals surface area contributed by atoms with Gasteiger partial charge in [-0.05, 0) is 64.0 Å². The number of hydrogen-bond donors (Lipinski definition) is 3. The number of nitrogens with one attached hydrogen (secondary N) is 1. The summed E-state index contributed by atoms with van der Waals surface area (Å²) in [5.41, 5.74) is 2.46. The minimum absolute atomic E-state index is 0.0180. The number of ketones is 1. The first-order chi connectivity index (χ1) is 20.6. The molecule has 1 heterocycles. The normalized spacial score (nSPS) is 12.2. The minimum atomic E-state index is -5.08.